The SMILES string of the molecule is CC(=O)c1ccc(S(=O)(=O)NCC(C)(C)C#N)cc1. The summed E-state index contributed by atoms with van der Waals surface area (Å²) in [6.45, 7) is 4.74. The van der Waals surface area contributed by atoms with Gasteiger partial charge in [0, 0.05) is 12.1 Å². The van der Waals surface area contributed by atoms with Gasteiger partial charge in [-0.3, -0.25) is 4.79 Å². The fourth-order valence-corrected chi connectivity index (χ4v) is 2.48. The third-order valence-corrected chi connectivity index (χ3v) is 4.00. The van der Waals surface area contributed by atoms with E-state index in [1.54, 1.807) is 13.8 Å². The molecule has 0 heterocycles. The van der Waals surface area contributed by atoms with Crippen LogP contribution in [0.2, 0.25) is 0 Å². The van der Waals surface area contributed by atoms with Crippen LogP contribution in [0.15, 0.2) is 29.2 Å². The van der Waals surface area contributed by atoms with Gasteiger partial charge in [0.25, 0.3) is 0 Å². The number of hydrogen-bond donors (Lipinski definition) is 1. The highest BCUT2D eigenvalue weighted by Crippen LogP contribution is 2.15. The van der Waals surface area contributed by atoms with Crippen LogP contribution < -0.4 is 4.72 Å². The quantitative estimate of drug-likeness (QED) is 0.832. The van der Waals surface area contributed by atoms with E-state index in [0.717, 1.165) is 0 Å². The van der Waals surface area contributed by atoms with Crippen molar-refractivity contribution in [2.24, 2.45) is 5.41 Å². The Morgan fingerprint density at radius 3 is 2.26 bits per heavy atom. The van der Waals surface area contributed by atoms with E-state index in [2.05, 4.69) is 4.72 Å². The van der Waals surface area contributed by atoms with Crippen LogP contribution >= 0.6 is 0 Å². The Labute approximate surface area is 113 Å². The van der Waals surface area contributed by atoms with Crippen molar-refractivity contribution in [3.8, 4) is 6.07 Å². The van der Waals surface area contributed by atoms with E-state index < -0.39 is 15.4 Å². The molecule has 0 radical (unpaired) electrons. The summed E-state index contributed by atoms with van der Waals surface area (Å²) >= 11 is 0. The lowest BCUT2D eigenvalue weighted by Crippen LogP contribution is -2.33. The van der Waals surface area contributed by atoms with E-state index >= 15 is 0 Å². The summed E-state index contributed by atoms with van der Waals surface area (Å²) in [7, 11) is -3.66. The maximum absolute atomic E-state index is 12.0. The summed E-state index contributed by atoms with van der Waals surface area (Å²) in [5.41, 5.74) is -0.317. The molecule has 5 nitrogen and oxygen atoms in total. The van der Waals surface area contributed by atoms with Gasteiger partial charge in [-0.05, 0) is 32.9 Å². The molecule has 0 saturated heterocycles. The van der Waals surface area contributed by atoms with E-state index in [-0.39, 0.29) is 17.2 Å². The van der Waals surface area contributed by atoms with Crippen molar-refractivity contribution in [2.75, 3.05) is 6.54 Å². The number of nitrogens with one attached hydrogen (secondary N) is 1. The van der Waals surface area contributed by atoms with Crippen molar-refractivity contribution >= 4 is 15.8 Å². The van der Waals surface area contributed by atoms with Gasteiger partial charge in [-0.2, -0.15) is 5.26 Å². The molecule has 0 saturated carbocycles. The number of Topliss-reactive ketones (excluding diaryl/α,β-unsaturated/α-hetero) is 1. The largest absolute Gasteiger partial charge is 0.295 e. The standard InChI is InChI=1S/C13H16N2O3S/c1-10(16)11-4-6-12(7-5-11)19(17,18)15-9-13(2,3)8-14/h4-7,15H,9H2,1-3H3. The molecule has 0 fully saturated rings. The summed E-state index contributed by atoms with van der Waals surface area (Å²) in [6.07, 6.45) is 0. The Hall–Kier alpha value is -1.71. The normalized spacial score (nSPS) is 11.9. The zero-order valence-electron chi connectivity index (χ0n) is 11.1. The first kappa shape index (κ1) is 15.3. The highest BCUT2D eigenvalue weighted by atomic mass is 32.2. The average molecular weight is 280 g/mol. The van der Waals surface area contributed by atoms with Gasteiger partial charge >= 0.3 is 0 Å². The number of benzene rings is 1. The van der Waals surface area contributed by atoms with E-state index in [0.29, 0.717) is 5.56 Å². The molecule has 1 aromatic rings. The molecule has 102 valence electrons. The summed E-state index contributed by atoms with van der Waals surface area (Å²) in [6, 6.07) is 7.69. The minimum Gasteiger partial charge on any atom is -0.295 e. The predicted octanol–water partition coefficient (Wildman–Crippen LogP) is 1.72. The Balaban J connectivity index is 2.90. The number of hydrogen-bond acceptors (Lipinski definition) is 4. The number of sulfonamides is 1. The fourth-order valence-electron chi connectivity index (χ4n) is 1.27. The zero-order chi connectivity index (χ0) is 14.7. The maximum Gasteiger partial charge on any atom is 0.240 e. The van der Waals surface area contributed by atoms with Gasteiger partial charge in [-0.1, -0.05) is 12.1 Å². The first-order valence-electron chi connectivity index (χ1n) is 5.70. The highest BCUT2D eigenvalue weighted by molar-refractivity contribution is 7.89. The van der Waals surface area contributed by atoms with Crippen LogP contribution in [0.3, 0.4) is 0 Å². The molecule has 0 bridgehead atoms. The predicted molar refractivity (Wildman–Crippen MR) is 71.0 cm³/mol. The molecule has 19 heavy (non-hydrogen) atoms. The van der Waals surface area contributed by atoms with Crippen LogP contribution in [0, 0.1) is 16.7 Å². The first-order valence-corrected chi connectivity index (χ1v) is 7.18. The van der Waals surface area contributed by atoms with Crippen LogP contribution in [0.5, 0.6) is 0 Å². The number of ketones is 1. The Morgan fingerprint density at radius 1 is 1.32 bits per heavy atom. The molecule has 0 aliphatic carbocycles. The molecular formula is C13H16N2O3S. The van der Waals surface area contributed by atoms with Gasteiger partial charge in [0.1, 0.15) is 0 Å². The molecule has 0 aliphatic rings. The molecule has 0 aliphatic heterocycles. The Morgan fingerprint density at radius 2 is 1.84 bits per heavy atom. The third-order valence-electron chi connectivity index (χ3n) is 2.58. The smallest absolute Gasteiger partial charge is 0.240 e. The average Bonchev–Trinajstić information content (AvgIpc) is 2.37. The number of rotatable bonds is 5. The monoisotopic (exact) mass is 280 g/mol. The molecule has 1 rings (SSSR count). The molecule has 0 amide bonds. The van der Waals surface area contributed by atoms with Gasteiger partial charge in [0.05, 0.1) is 16.4 Å². The second-order valence-electron chi connectivity index (χ2n) is 4.90. The second kappa shape index (κ2) is 5.51. The lowest BCUT2D eigenvalue weighted by molar-refractivity contribution is 0.101. The molecule has 0 unspecified atom stereocenters. The number of nitrogens with zero attached hydrogens (tertiary/aromatic N) is 1. The summed E-state index contributed by atoms with van der Waals surface area (Å²) in [4.78, 5) is 11.2. The van der Waals surface area contributed by atoms with E-state index in [9.17, 15) is 13.2 Å². The second-order valence-corrected chi connectivity index (χ2v) is 6.67. The van der Waals surface area contributed by atoms with E-state index in [4.69, 9.17) is 5.26 Å². The number of carbonyl (C=O) groups excluding carboxylic acids is 1. The van der Waals surface area contributed by atoms with Crippen LogP contribution in [-0.4, -0.2) is 20.7 Å². The topological polar surface area (TPSA) is 87.0 Å². The maximum atomic E-state index is 12.0. The fraction of sp³-hybridized carbons (Fsp3) is 0.385. The van der Waals surface area contributed by atoms with E-state index in [1.807, 2.05) is 6.07 Å². The molecule has 1 N–H and O–H groups in total. The number of nitriles is 1. The molecule has 6 heteroatoms. The molecule has 0 atom stereocenters. The highest BCUT2D eigenvalue weighted by Gasteiger charge is 2.21. The van der Waals surface area contributed by atoms with Crippen molar-refractivity contribution < 1.29 is 13.2 Å². The lowest BCUT2D eigenvalue weighted by atomic mass is 9.97. The van der Waals surface area contributed by atoms with Crippen LogP contribution in [-0.2, 0) is 10.0 Å². The Bertz CT molecular complexity index is 610. The number of carbonyl (C=O) groups is 1. The molecule has 0 spiro atoms. The van der Waals surface area contributed by atoms with Crippen LogP contribution in [0.25, 0.3) is 0 Å². The van der Waals surface area contributed by atoms with Crippen LogP contribution in [0.1, 0.15) is 31.1 Å². The van der Waals surface area contributed by atoms with Crippen molar-refractivity contribution in [1.82, 2.24) is 4.72 Å². The lowest BCUT2D eigenvalue weighted by Gasteiger charge is -2.16. The van der Waals surface area contributed by atoms with Gasteiger partial charge < -0.3 is 0 Å². The van der Waals surface area contributed by atoms with Gasteiger partial charge in [0.15, 0.2) is 5.78 Å². The van der Waals surface area contributed by atoms with Crippen LogP contribution in [0.4, 0.5) is 0 Å². The third kappa shape index (κ3) is 4.16. The van der Waals surface area contributed by atoms with Gasteiger partial charge in [-0.15, -0.1) is 0 Å². The minimum absolute atomic E-state index is 0.0281. The Kier molecular flexibility index (Phi) is 4.45. The molecule has 1 aromatic carbocycles. The molecule has 0 aromatic heterocycles. The van der Waals surface area contributed by atoms with Crippen molar-refractivity contribution in [3.63, 3.8) is 0 Å². The molecular weight excluding hydrogens is 264 g/mol. The van der Waals surface area contributed by atoms with Crippen molar-refractivity contribution in [3.05, 3.63) is 29.8 Å². The first-order chi connectivity index (χ1) is 8.68. The van der Waals surface area contributed by atoms with Gasteiger partial charge in [0.2, 0.25) is 10.0 Å². The minimum atomic E-state index is -3.66. The van der Waals surface area contributed by atoms with E-state index in [1.165, 1.54) is 31.2 Å². The zero-order valence-corrected chi connectivity index (χ0v) is 11.9. The summed E-state index contributed by atoms with van der Waals surface area (Å²) in [5.74, 6) is -0.123. The van der Waals surface area contributed by atoms with Crippen molar-refractivity contribution in [1.29, 1.82) is 5.26 Å². The van der Waals surface area contributed by atoms with Gasteiger partial charge in [-0.25, -0.2) is 13.1 Å². The summed E-state index contributed by atoms with van der Waals surface area (Å²) < 4.78 is 26.3. The summed E-state index contributed by atoms with van der Waals surface area (Å²) in [5, 5.41) is 8.84. The van der Waals surface area contributed by atoms with Crippen molar-refractivity contribution in [2.45, 2.75) is 25.7 Å².